The number of unbranched alkanes of at least 4 members (excludes halogenated alkanes) is 18. The Morgan fingerprint density at radius 1 is 0.553 bits per heavy atom. The lowest BCUT2D eigenvalue weighted by Gasteiger charge is -1.98. The Bertz CT molecular complexity index is 721. The summed E-state index contributed by atoms with van der Waals surface area (Å²) in [7, 11) is 0. The van der Waals surface area contributed by atoms with Crippen molar-refractivity contribution in [2.24, 2.45) is 0 Å². The molecular weight excluding hydrogens is 596 g/mol. The van der Waals surface area contributed by atoms with E-state index in [1.165, 1.54) is 122 Å². The average molecular weight is 669 g/mol. The van der Waals surface area contributed by atoms with E-state index in [2.05, 4.69) is 38.2 Å². The van der Waals surface area contributed by atoms with Gasteiger partial charge in [-0.25, -0.2) is 9.59 Å². The fourth-order valence-electron chi connectivity index (χ4n) is 5.28. The molecule has 47 heavy (non-hydrogen) atoms. The molecule has 0 spiro atoms. The smallest absolute Gasteiger partial charge is 0.335 e. The summed E-state index contributed by atoms with van der Waals surface area (Å²) in [5, 5.41) is 33.4. The first kappa shape index (κ1) is 45.3. The molecule has 276 valence electrons. The molecule has 0 aromatic carbocycles. The van der Waals surface area contributed by atoms with Crippen molar-refractivity contribution in [3.63, 3.8) is 0 Å². The lowest BCUT2D eigenvalue weighted by Crippen LogP contribution is -2.07. The van der Waals surface area contributed by atoms with Gasteiger partial charge >= 0.3 is 11.9 Å². The Labute approximate surface area is 287 Å². The highest BCUT2D eigenvalue weighted by atomic mass is 16.6. The Morgan fingerprint density at radius 3 is 1.09 bits per heavy atom. The van der Waals surface area contributed by atoms with Gasteiger partial charge in [0, 0.05) is 0 Å². The molecule has 2 saturated heterocycles. The molecule has 0 bridgehead atoms. The van der Waals surface area contributed by atoms with Crippen LogP contribution in [-0.4, -0.2) is 69.5 Å². The van der Waals surface area contributed by atoms with Crippen LogP contribution in [0.3, 0.4) is 0 Å². The summed E-state index contributed by atoms with van der Waals surface area (Å²) in [5.41, 5.74) is 0. The summed E-state index contributed by atoms with van der Waals surface area (Å²) in [4.78, 5) is 21.1. The molecule has 0 aromatic heterocycles. The fraction of sp³-hybridized carbons (Fsp3) is 0.846. The third-order valence-electron chi connectivity index (χ3n) is 8.42. The first-order valence-electron chi connectivity index (χ1n) is 19.1. The van der Waals surface area contributed by atoms with Gasteiger partial charge in [-0.2, -0.15) is 0 Å². The lowest BCUT2D eigenvalue weighted by molar-refractivity contribution is -0.139. The van der Waals surface area contributed by atoms with Gasteiger partial charge in [0.05, 0.1) is 24.9 Å². The standard InChI is InChI=1S/2C18H32O3.C3H8O2/c2*1-2-3-4-5-6-7-8-9-10-11-12-13-14-15-16-17(21-16)18(19)20;1-3(5)2-4/h2*9-10,16-17H,2-8,11-15H2,1H3,(H,19,20);3-5H,2H2,1H3. The fourth-order valence-corrected chi connectivity index (χ4v) is 5.28. The van der Waals surface area contributed by atoms with Gasteiger partial charge in [-0.1, -0.05) is 128 Å². The third-order valence-corrected chi connectivity index (χ3v) is 8.42. The second-order valence-electron chi connectivity index (χ2n) is 13.2. The van der Waals surface area contributed by atoms with E-state index >= 15 is 0 Å². The Morgan fingerprint density at radius 2 is 0.830 bits per heavy atom. The van der Waals surface area contributed by atoms with Crippen LogP contribution in [0.15, 0.2) is 24.3 Å². The topological polar surface area (TPSA) is 140 Å². The maximum atomic E-state index is 10.6. The van der Waals surface area contributed by atoms with Gasteiger partial charge < -0.3 is 29.9 Å². The highest BCUT2D eigenvalue weighted by molar-refractivity contribution is 5.76. The minimum atomic E-state index is -0.808. The van der Waals surface area contributed by atoms with Crippen LogP contribution in [0.2, 0.25) is 0 Å². The average Bonchev–Trinajstić information content (AvgIpc) is 3.98. The monoisotopic (exact) mass is 669 g/mol. The number of aliphatic hydroxyl groups excluding tert-OH is 2. The second kappa shape index (κ2) is 32.8. The number of carbonyl (C=O) groups is 2. The van der Waals surface area contributed by atoms with E-state index in [-0.39, 0.29) is 18.8 Å². The molecule has 2 rings (SSSR count). The SMILES string of the molecule is CC(O)CO.CCCCCCCCC=CCCCCCC1OC1C(=O)O.CCCCCCCCC=CCCCCCC1OC1C(=O)O. The lowest BCUT2D eigenvalue weighted by atomic mass is 10.1. The van der Waals surface area contributed by atoms with Gasteiger partial charge in [0.1, 0.15) is 0 Å². The molecule has 0 radical (unpaired) electrons. The Kier molecular flexibility index (Phi) is 31.6. The zero-order valence-electron chi connectivity index (χ0n) is 30.3. The van der Waals surface area contributed by atoms with Crippen LogP contribution in [0.25, 0.3) is 0 Å². The van der Waals surface area contributed by atoms with Crippen molar-refractivity contribution in [2.45, 2.75) is 205 Å². The van der Waals surface area contributed by atoms with Gasteiger partial charge in [-0.05, 0) is 71.1 Å². The van der Waals surface area contributed by atoms with Crippen LogP contribution in [0.4, 0.5) is 0 Å². The molecule has 0 aromatic rings. The van der Waals surface area contributed by atoms with Crippen molar-refractivity contribution >= 4 is 11.9 Å². The van der Waals surface area contributed by atoms with Crippen molar-refractivity contribution < 1.29 is 39.5 Å². The molecule has 0 saturated carbocycles. The maximum absolute atomic E-state index is 10.6. The largest absolute Gasteiger partial charge is 0.479 e. The molecule has 4 N–H and O–H groups in total. The molecule has 2 aliphatic heterocycles. The normalized spacial score (nSPS) is 20.4. The van der Waals surface area contributed by atoms with Crippen molar-refractivity contribution in [2.75, 3.05) is 6.61 Å². The molecule has 0 aliphatic carbocycles. The minimum absolute atomic E-state index is 0.00856. The summed E-state index contributed by atoms with van der Waals surface area (Å²) in [6.45, 7) is 5.90. The summed E-state index contributed by atoms with van der Waals surface area (Å²) in [5.74, 6) is -1.62. The van der Waals surface area contributed by atoms with Crippen molar-refractivity contribution in [1.29, 1.82) is 0 Å². The van der Waals surface area contributed by atoms with E-state index in [1.54, 1.807) is 0 Å². The molecule has 5 unspecified atom stereocenters. The predicted octanol–water partition coefficient (Wildman–Crippen LogP) is 9.55. The van der Waals surface area contributed by atoms with Crippen LogP contribution in [0, 0.1) is 0 Å². The molecule has 5 atom stereocenters. The van der Waals surface area contributed by atoms with Gasteiger partial charge in [0.25, 0.3) is 0 Å². The van der Waals surface area contributed by atoms with Crippen LogP contribution in [-0.2, 0) is 19.1 Å². The number of hydrogen-bond acceptors (Lipinski definition) is 6. The van der Waals surface area contributed by atoms with E-state index in [1.807, 2.05) is 0 Å². The van der Waals surface area contributed by atoms with E-state index in [0.29, 0.717) is 0 Å². The highest BCUT2D eigenvalue weighted by Gasteiger charge is 2.44. The summed E-state index contributed by atoms with van der Waals surface area (Å²) in [6.07, 6.45) is 37.5. The van der Waals surface area contributed by atoms with E-state index < -0.39 is 30.3 Å². The zero-order valence-corrected chi connectivity index (χ0v) is 30.3. The number of aliphatic carboxylic acids is 2. The number of allylic oxidation sites excluding steroid dienone is 4. The third kappa shape index (κ3) is 31.3. The summed E-state index contributed by atoms with van der Waals surface area (Å²) < 4.78 is 10.1. The number of hydrogen-bond donors (Lipinski definition) is 4. The number of carboxylic acid groups (broad SMARTS) is 2. The predicted molar refractivity (Wildman–Crippen MR) is 192 cm³/mol. The molecule has 8 heteroatoms. The number of rotatable bonds is 29. The Balaban J connectivity index is 0.000000787. The van der Waals surface area contributed by atoms with Gasteiger partial charge in [0.2, 0.25) is 0 Å². The minimum Gasteiger partial charge on any atom is -0.479 e. The van der Waals surface area contributed by atoms with Crippen LogP contribution < -0.4 is 0 Å². The number of aliphatic hydroxyl groups is 2. The molecule has 8 nitrogen and oxygen atoms in total. The molecule has 0 amide bonds. The van der Waals surface area contributed by atoms with Crippen LogP contribution >= 0.6 is 0 Å². The van der Waals surface area contributed by atoms with Gasteiger partial charge in [-0.15, -0.1) is 0 Å². The molecule has 2 aliphatic rings. The zero-order chi connectivity index (χ0) is 35.0. The quantitative estimate of drug-likeness (QED) is 0.0351. The second-order valence-corrected chi connectivity index (χ2v) is 13.2. The van der Waals surface area contributed by atoms with Crippen molar-refractivity contribution in [1.82, 2.24) is 0 Å². The van der Waals surface area contributed by atoms with Crippen LogP contribution in [0.5, 0.6) is 0 Å². The molecular formula is C39H72O8. The molecule has 2 heterocycles. The first-order valence-corrected chi connectivity index (χ1v) is 19.1. The Hall–Kier alpha value is -1.74. The number of epoxide rings is 2. The van der Waals surface area contributed by atoms with Gasteiger partial charge in [0.15, 0.2) is 12.2 Å². The first-order chi connectivity index (χ1) is 22.8. The van der Waals surface area contributed by atoms with E-state index in [9.17, 15) is 9.59 Å². The van der Waals surface area contributed by atoms with Crippen LogP contribution in [0.1, 0.15) is 175 Å². The van der Waals surface area contributed by atoms with E-state index in [4.69, 9.17) is 29.9 Å². The van der Waals surface area contributed by atoms with Crippen molar-refractivity contribution in [3.05, 3.63) is 24.3 Å². The van der Waals surface area contributed by atoms with Gasteiger partial charge in [-0.3, -0.25) is 0 Å². The van der Waals surface area contributed by atoms with E-state index in [0.717, 1.165) is 38.5 Å². The maximum Gasteiger partial charge on any atom is 0.335 e. The summed E-state index contributed by atoms with van der Waals surface area (Å²) in [6, 6.07) is 0. The number of ether oxygens (including phenoxy) is 2. The van der Waals surface area contributed by atoms with Crippen molar-refractivity contribution in [3.8, 4) is 0 Å². The summed E-state index contributed by atoms with van der Waals surface area (Å²) >= 11 is 0. The number of carboxylic acids is 2. The molecule has 2 fully saturated rings. The highest BCUT2D eigenvalue weighted by Crippen LogP contribution is 2.28.